The zero-order valence-corrected chi connectivity index (χ0v) is 12.2. The summed E-state index contributed by atoms with van der Waals surface area (Å²) < 4.78 is 0. The average Bonchev–Trinajstić information content (AvgIpc) is 2.38. The summed E-state index contributed by atoms with van der Waals surface area (Å²) in [7, 11) is 0. The number of nitrogens with one attached hydrogen (secondary N) is 1. The van der Waals surface area contributed by atoms with Crippen LogP contribution in [0.2, 0.25) is 0 Å². The molecule has 4 nitrogen and oxygen atoms in total. The Morgan fingerprint density at radius 2 is 1.85 bits per heavy atom. The van der Waals surface area contributed by atoms with Gasteiger partial charge in [0, 0.05) is 18.2 Å². The minimum atomic E-state index is -0.465. The smallest absolute Gasteiger partial charge is 0.130 e. The van der Waals surface area contributed by atoms with Crippen molar-refractivity contribution in [3.63, 3.8) is 0 Å². The lowest BCUT2D eigenvalue weighted by Gasteiger charge is -2.21. The van der Waals surface area contributed by atoms with Crippen LogP contribution >= 0.6 is 0 Å². The van der Waals surface area contributed by atoms with E-state index in [9.17, 15) is 5.11 Å². The molecule has 0 saturated carbocycles. The molecule has 1 aromatic carbocycles. The number of benzene rings is 1. The van der Waals surface area contributed by atoms with Gasteiger partial charge < -0.3 is 10.4 Å². The van der Waals surface area contributed by atoms with Gasteiger partial charge in [0.05, 0.1) is 12.1 Å². The third kappa shape index (κ3) is 4.03. The van der Waals surface area contributed by atoms with Crippen molar-refractivity contribution in [2.45, 2.75) is 39.3 Å². The van der Waals surface area contributed by atoms with Crippen LogP contribution in [0.3, 0.4) is 0 Å². The lowest BCUT2D eigenvalue weighted by molar-refractivity contribution is 0.158. The van der Waals surface area contributed by atoms with Gasteiger partial charge in [-0.1, -0.05) is 30.3 Å². The molecule has 0 fully saturated rings. The Morgan fingerprint density at radius 1 is 1.15 bits per heavy atom. The van der Waals surface area contributed by atoms with Crippen molar-refractivity contribution < 1.29 is 5.11 Å². The lowest BCUT2D eigenvalue weighted by atomic mass is 10.0. The van der Waals surface area contributed by atoms with Crippen LogP contribution in [0, 0.1) is 13.8 Å². The molecule has 0 amide bonds. The monoisotopic (exact) mass is 271 g/mol. The van der Waals surface area contributed by atoms with Crippen molar-refractivity contribution in [1.82, 2.24) is 9.97 Å². The number of aliphatic hydroxyl groups excluding tert-OH is 1. The predicted molar refractivity (Wildman–Crippen MR) is 80.7 cm³/mol. The van der Waals surface area contributed by atoms with Crippen LogP contribution in [0.25, 0.3) is 0 Å². The van der Waals surface area contributed by atoms with E-state index in [2.05, 4.69) is 15.3 Å². The molecule has 0 saturated heterocycles. The van der Waals surface area contributed by atoms with Crippen LogP contribution in [0.5, 0.6) is 0 Å². The molecule has 20 heavy (non-hydrogen) atoms. The number of hydrogen-bond donors (Lipinski definition) is 2. The molecule has 0 aliphatic carbocycles. The Bertz CT molecular complexity index is 537. The number of anilines is 1. The van der Waals surface area contributed by atoms with Gasteiger partial charge in [0.25, 0.3) is 0 Å². The van der Waals surface area contributed by atoms with E-state index in [4.69, 9.17) is 0 Å². The van der Waals surface area contributed by atoms with E-state index in [1.54, 1.807) is 0 Å². The molecule has 0 radical (unpaired) electrons. The summed E-state index contributed by atoms with van der Waals surface area (Å²) in [4.78, 5) is 8.57. The maximum Gasteiger partial charge on any atom is 0.130 e. The molecule has 2 N–H and O–H groups in total. The fourth-order valence-corrected chi connectivity index (χ4v) is 2.15. The highest BCUT2D eigenvalue weighted by Crippen LogP contribution is 2.12. The minimum Gasteiger partial charge on any atom is -0.391 e. The SMILES string of the molecule is Cc1cc(NC(C)C(O)Cc2ccccc2)nc(C)n1. The maximum absolute atomic E-state index is 10.3. The van der Waals surface area contributed by atoms with Crippen LogP contribution in [-0.4, -0.2) is 27.2 Å². The molecule has 2 rings (SSSR count). The molecule has 0 aliphatic heterocycles. The molecule has 2 aromatic rings. The quantitative estimate of drug-likeness (QED) is 0.877. The molecule has 106 valence electrons. The lowest BCUT2D eigenvalue weighted by Crippen LogP contribution is -2.32. The van der Waals surface area contributed by atoms with E-state index in [1.807, 2.05) is 57.2 Å². The first-order valence-corrected chi connectivity index (χ1v) is 6.85. The van der Waals surface area contributed by atoms with Crippen LogP contribution < -0.4 is 5.32 Å². The molecule has 0 aliphatic rings. The Labute approximate surface area is 119 Å². The first-order valence-electron chi connectivity index (χ1n) is 6.85. The van der Waals surface area contributed by atoms with Gasteiger partial charge in [-0.05, 0) is 26.3 Å². The standard InChI is InChI=1S/C16H21N3O/c1-11-9-16(19-13(3)17-11)18-12(2)15(20)10-14-7-5-4-6-8-14/h4-9,12,15,20H,10H2,1-3H3,(H,17,18,19). The second-order valence-electron chi connectivity index (χ2n) is 5.13. The van der Waals surface area contributed by atoms with Gasteiger partial charge in [-0.25, -0.2) is 9.97 Å². The Hall–Kier alpha value is -1.94. The van der Waals surface area contributed by atoms with E-state index < -0.39 is 6.10 Å². The Kier molecular flexibility index (Phi) is 4.69. The highest BCUT2D eigenvalue weighted by Gasteiger charge is 2.15. The number of hydrogen-bond acceptors (Lipinski definition) is 4. The molecule has 0 bridgehead atoms. The van der Waals surface area contributed by atoms with Crippen molar-refractivity contribution in [3.8, 4) is 0 Å². The molecule has 2 atom stereocenters. The van der Waals surface area contributed by atoms with Gasteiger partial charge in [-0.15, -0.1) is 0 Å². The van der Waals surface area contributed by atoms with Crippen molar-refractivity contribution in [3.05, 3.63) is 53.5 Å². The fourth-order valence-electron chi connectivity index (χ4n) is 2.15. The maximum atomic E-state index is 10.3. The van der Waals surface area contributed by atoms with Gasteiger partial charge in [0.2, 0.25) is 0 Å². The number of aryl methyl sites for hydroxylation is 2. The second kappa shape index (κ2) is 6.48. The summed E-state index contributed by atoms with van der Waals surface area (Å²) in [6.45, 7) is 5.76. The third-order valence-corrected chi connectivity index (χ3v) is 3.21. The third-order valence-electron chi connectivity index (χ3n) is 3.21. The average molecular weight is 271 g/mol. The molecule has 1 heterocycles. The van der Waals surface area contributed by atoms with Crippen molar-refractivity contribution in [2.75, 3.05) is 5.32 Å². The number of nitrogens with zero attached hydrogens (tertiary/aromatic N) is 2. The van der Waals surface area contributed by atoms with Crippen LogP contribution in [-0.2, 0) is 6.42 Å². The number of rotatable bonds is 5. The summed E-state index contributed by atoms with van der Waals surface area (Å²) >= 11 is 0. The van der Waals surface area contributed by atoms with E-state index in [-0.39, 0.29) is 6.04 Å². The first kappa shape index (κ1) is 14.5. The second-order valence-corrected chi connectivity index (χ2v) is 5.13. The Balaban J connectivity index is 1.98. The molecule has 1 aromatic heterocycles. The molecule has 2 unspecified atom stereocenters. The number of aliphatic hydroxyl groups is 1. The molecule has 0 spiro atoms. The fraction of sp³-hybridized carbons (Fsp3) is 0.375. The summed E-state index contributed by atoms with van der Waals surface area (Å²) in [5, 5.41) is 13.5. The largest absolute Gasteiger partial charge is 0.391 e. The Morgan fingerprint density at radius 3 is 2.50 bits per heavy atom. The zero-order chi connectivity index (χ0) is 14.5. The van der Waals surface area contributed by atoms with Gasteiger partial charge in [-0.2, -0.15) is 0 Å². The number of aromatic nitrogens is 2. The van der Waals surface area contributed by atoms with Gasteiger partial charge in [0.15, 0.2) is 0 Å². The van der Waals surface area contributed by atoms with E-state index in [1.165, 1.54) is 0 Å². The van der Waals surface area contributed by atoms with Gasteiger partial charge >= 0.3 is 0 Å². The van der Waals surface area contributed by atoms with Gasteiger partial charge in [0.1, 0.15) is 11.6 Å². The van der Waals surface area contributed by atoms with Crippen molar-refractivity contribution >= 4 is 5.82 Å². The molecular weight excluding hydrogens is 250 g/mol. The highest BCUT2D eigenvalue weighted by molar-refractivity contribution is 5.37. The van der Waals surface area contributed by atoms with Gasteiger partial charge in [-0.3, -0.25) is 0 Å². The van der Waals surface area contributed by atoms with Crippen molar-refractivity contribution in [1.29, 1.82) is 0 Å². The summed E-state index contributed by atoms with van der Waals surface area (Å²) in [6.07, 6.45) is 0.158. The molecular formula is C16H21N3O. The summed E-state index contributed by atoms with van der Waals surface area (Å²) in [6, 6.07) is 11.8. The van der Waals surface area contributed by atoms with Crippen LogP contribution in [0.4, 0.5) is 5.82 Å². The van der Waals surface area contributed by atoms with Crippen molar-refractivity contribution in [2.24, 2.45) is 0 Å². The van der Waals surface area contributed by atoms with Crippen LogP contribution in [0.1, 0.15) is 24.0 Å². The zero-order valence-electron chi connectivity index (χ0n) is 12.2. The van der Waals surface area contributed by atoms with Crippen LogP contribution in [0.15, 0.2) is 36.4 Å². The predicted octanol–water partition coefficient (Wildman–Crippen LogP) is 2.50. The summed E-state index contributed by atoms with van der Waals surface area (Å²) in [5.74, 6) is 1.49. The normalized spacial score (nSPS) is 13.8. The first-order chi connectivity index (χ1) is 9.54. The van der Waals surface area contributed by atoms with E-state index in [0.29, 0.717) is 6.42 Å². The summed E-state index contributed by atoms with van der Waals surface area (Å²) in [5.41, 5.74) is 2.05. The van der Waals surface area contributed by atoms with E-state index >= 15 is 0 Å². The van der Waals surface area contributed by atoms with E-state index in [0.717, 1.165) is 22.9 Å². The topological polar surface area (TPSA) is 58.0 Å². The highest BCUT2D eigenvalue weighted by atomic mass is 16.3. The molecule has 4 heteroatoms. The minimum absolute atomic E-state index is 0.0797.